The SMILES string of the molecule is COc1ccc(-c2cc3[n+]4c(c2)-c2cccc[n+]2C4(C#Cc2ccccc2)c2ccccc2-3)cc1. The first-order valence-corrected chi connectivity index (χ1v) is 11.7. The van der Waals surface area contributed by atoms with Crippen LogP contribution in [0.4, 0.5) is 0 Å². The van der Waals surface area contributed by atoms with E-state index in [0.717, 1.165) is 28.3 Å². The molecule has 35 heavy (non-hydrogen) atoms. The van der Waals surface area contributed by atoms with Crippen molar-refractivity contribution in [2.24, 2.45) is 0 Å². The number of nitrogens with zero attached hydrogens (tertiary/aromatic N) is 2. The lowest BCUT2D eigenvalue weighted by molar-refractivity contribution is -0.924. The highest BCUT2D eigenvalue weighted by atomic mass is 16.5. The number of ether oxygens (including phenoxy) is 1. The summed E-state index contributed by atoms with van der Waals surface area (Å²) in [6, 6.07) is 38.1. The van der Waals surface area contributed by atoms with Gasteiger partial charge in [0.05, 0.1) is 18.6 Å². The van der Waals surface area contributed by atoms with E-state index >= 15 is 0 Å². The lowest BCUT2D eigenvalue weighted by Crippen LogP contribution is -2.67. The molecule has 0 bridgehead atoms. The van der Waals surface area contributed by atoms with Crippen LogP contribution < -0.4 is 13.9 Å². The number of benzene rings is 3. The molecule has 0 spiro atoms. The lowest BCUT2D eigenvalue weighted by atomic mass is 9.96. The molecule has 0 fully saturated rings. The summed E-state index contributed by atoms with van der Waals surface area (Å²) in [5.74, 6) is 8.06. The second-order valence-corrected chi connectivity index (χ2v) is 8.87. The summed E-state index contributed by atoms with van der Waals surface area (Å²) in [5.41, 5.74) is 8.61. The molecule has 4 heterocycles. The van der Waals surface area contributed by atoms with Gasteiger partial charge in [-0.1, -0.05) is 48.4 Å². The second kappa shape index (κ2) is 7.41. The standard InChI is InChI=1S/C32H22N2O/c1-35-26-16-14-24(15-17-26)25-21-30-27-11-5-6-12-28(27)32(19-18-23-9-3-2-4-10-23)33-20-8-7-13-29(33)31(22-25)34(30)32/h2-17,20-22H,1H3/q+2. The third-order valence-corrected chi connectivity index (χ3v) is 7.02. The zero-order chi connectivity index (χ0) is 23.4. The van der Waals surface area contributed by atoms with E-state index in [1.54, 1.807) is 7.11 Å². The summed E-state index contributed by atoms with van der Waals surface area (Å²) in [7, 11) is 1.70. The molecule has 1 unspecified atom stereocenters. The van der Waals surface area contributed by atoms with Crippen molar-refractivity contribution in [1.29, 1.82) is 0 Å². The van der Waals surface area contributed by atoms with Crippen LogP contribution in [-0.2, 0) is 5.66 Å². The summed E-state index contributed by atoms with van der Waals surface area (Å²) in [4.78, 5) is 0. The highest BCUT2D eigenvalue weighted by Gasteiger charge is 2.66. The Kier molecular flexibility index (Phi) is 4.19. The first-order chi connectivity index (χ1) is 17.3. The first kappa shape index (κ1) is 19.8. The molecule has 3 aromatic carbocycles. The van der Waals surface area contributed by atoms with Crippen molar-refractivity contribution in [3.8, 4) is 51.4 Å². The normalized spacial score (nSPS) is 16.0. The van der Waals surface area contributed by atoms with E-state index in [-0.39, 0.29) is 0 Å². The summed E-state index contributed by atoms with van der Waals surface area (Å²) >= 11 is 0. The predicted octanol–water partition coefficient (Wildman–Crippen LogP) is 5.20. The Balaban J connectivity index is 1.55. The molecule has 7 rings (SSSR count). The molecule has 2 aliphatic heterocycles. The molecular weight excluding hydrogens is 428 g/mol. The molecule has 164 valence electrons. The van der Waals surface area contributed by atoms with Gasteiger partial charge in [-0.25, -0.2) is 0 Å². The Morgan fingerprint density at radius 1 is 0.686 bits per heavy atom. The predicted molar refractivity (Wildman–Crippen MR) is 135 cm³/mol. The van der Waals surface area contributed by atoms with Gasteiger partial charge >= 0.3 is 5.66 Å². The number of methoxy groups -OCH3 is 1. The van der Waals surface area contributed by atoms with Crippen LogP contribution in [-0.4, -0.2) is 7.11 Å². The molecule has 1 atom stereocenters. The average Bonchev–Trinajstić information content (AvgIpc) is 3.39. The zero-order valence-corrected chi connectivity index (χ0v) is 19.3. The van der Waals surface area contributed by atoms with Crippen molar-refractivity contribution in [1.82, 2.24) is 0 Å². The van der Waals surface area contributed by atoms with Crippen LogP contribution in [0.1, 0.15) is 11.1 Å². The van der Waals surface area contributed by atoms with E-state index in [2.05, 4.69) is 106 Å². The van der Waals surface area contributed by atoms with Crippen LogP contribution in [0, 0.1) is 11.8 Å². The Morgan fingerprint density at radius 2 is 1.43 bits per heavy atom. The molecule has 0 N–H and O–H groups in total. The third kappa shape index (κ3) is 2.74. The van der Waals surface area contributed by atoms with Gasteiger partial charge in [0.15, 0.2) is 6.20 Å². The maximum Gasteiger partial charge on any atom is 0.455 e. The highest BCUT2D eigenvalue weighted by molar-refractivity contribution is 5.77. The Bertz CT molecular complexity index is 1610. The smallest absolute Gasteiger partial charge is 0.455 e. The minimum Gasteiger partial charge on any atom is -0.497 e. The highest BCUT2D eigenvalue weighted by Crippen LogP contribution is 2.43. The summed E-state index contributed by atoms with van der Waals surface area (Å²) in [5, 5.41) is 0. The molecule has 0 saturated carbocycles. The zero-order valence-electron chi connectivity index (χ0n) is 19.3. The van der Waals surface area contributed by atoms with Gasteiger partial charge in [-0.05, 0) is 53.6 Å². The van der Waals surface area contributed by atoms with Crippen LogP contribution in [0.25, 0.3) is 33.8 Å². The van der Waals surface area contributed by atoms with Gasteiger partial charge < -0.3 is 4.74 Å². The Labute approximate surface area is 204 Å². The van der Waals surface area contributed by atoms with Crippen molar-refractivity contribution >= 4 is 0 Å². The van der Waals surface area contributed by atoms with E-state index in [1.807, 2.05) is 30.3 Å². The van der Waals surface area contributed by atoms with Gasteiger partial charge in [0.1, 0.15) is 11.3 Å². The summed E-state index contributed by atoms with van der Waals surface area (Å²) < 4.78 is 10.1. The van der Waals surface area contributed by atoms with Gasteiger partial charge in [0.2, 0.25) is 5.69 Å². The molecule has 3 nitrogen and oxygen atoms in total. The van der Waals surface area contributed by atoms with Crippen LogP contribution in [0.15, 0.2) is 115 Å². The van der Waals surface area contributed by atoms with Crippen molar-refractivity contribution in [3.63, 3.8) is 0 Å². The number of fused-ring (bicyclic) bond motifs is 6. The third-order valence-electron chi connectivity index (χ3n) is 7.02. The first-order valence-electron chi connectivity index (χ1n) is 11.7. The number of pyridine rings is 2. The van der Waals surface area contributed by atoms with E-state index < -0.39 is 5.66 Å². The minimum atomic E-state index is -0.633. The van der Waals surface area contributed by atoms with E-state index in [4.69, 9.17) is 4.74 Å². The molecule has 2 aliphatic rings. The summed E-state index contributed by atoms with van der Waals surface area (Å²) in [6.07, 6.45) is 2.15. The lowest BCUT2D eigenvalue weighted by Gasteiger charge is -2.10. The Hall–Kier alpha value is -4.68. The quantitative estimate of drug-likeness (QED) is 0.267. The molecule has 0 radical (unpaired) electrons. The average molecular weight is 451 g/mol. The molecule has 5 aromatic rings. The molecule has 0 aliphatic carbocycles. The fourth-order valence-electron chi connectivity index (χ4n) is 5.45. The molecular formula is C32H22N2O+2. The van der Waals surface area contributed by atoms with Crippen LogP contribution >= 0.6 is 0 Å². The van der Waals surface area contributed by atoms with E-state index in [0.29, 0.717) is 0 Å². The van der Waals surface area contributed by atoms with Crippen LogP contribution in [0.5, 0.6) is 5.75 Å². The van der Waals surface area contributed by atoms with Crippen LogP contribution in [0.3, 0.4) is 0 Å². The Morgan fingerprint density at radius 3 is 2.26 bits per heavy atom. The second-order valence-electron chi connectivity index (χ2n) is 8.87. The number of aromatic nitrogens is 2. The van der Waals surface area contributed by atoms with E-state index in [1.165, 1.54) is 22.4 Å². The van der Waals surface area contributed by atoms with Crippen molar-refractivity contribution < 1.29 is 13.9 Å². The monoisotopic (exact) mass is 450 g/mol. The van der Waals surface area contributed by atoms with Gasteiger partial charge in [-0.15, -0.1) is 9.13 Å². The van der Waals surface area contributed by atoms with Gasteiger partial charge in [-0.3, -0.25) is 0 Å². The number of hydrogen-bond donors (Lipinski definition) is 0. The maximum atomic E-state index is 5.38. The van der Waals surface area contributed by atoms with Crippen molar-refractivity contribution in [3.05, 3.63) is 127 Å². The fraction of sp³-hybridized carbons (Fsp3) is 0.0625. The van der Waals surface area contributed by atoms with Crippen LogP contribution in [0.2, 0.25) is 0 Å². The van der Waals surface area contributed by atoms with Gasteiger partial charge in [0.25, 0.3) is 11.4 Å². The van der Waals surface area contributed by atoms with Crippen molar-refractivity contribution in [2.45, 2.75) is 5.66 Å². The molecule has 2 aromatic heterocycles. The number of hydrogen-bond acceptors (Lipinski definition) is 1. The minimum absolute atomic E-state index is 0.633. The maximum absolute atomic E-state index is 5.38. The molecule has 0 saturated heterocycles. The van der Waals surface area contributed by atoms with Gasteiger partial charge in [0, 0.05) is 29.8 Å². The van der Waals surface area contributed by atoms with Gasteiger partial charge in [-0.2, -0.15) is 0 Å². The van der Waals surface area contributed by atoms with Crippen molar-refractivity contribution in [2.75, 3.05) is 7.11 Å². The van der Waals surface area contributed by atoms with E-state index in [9.17, 15) is 0 Å². The number of rotatable bonds is 2. The summed E-state index contributed by atoms with van der Waals surface area (Å²) in [6.45, 7) is 0. The molecule has 3 heteroatoms. The fourth-order valence-corrected chi connectivity index (χ4v) is 5.45. The largest absolute Gasteiger partial charge is 0.497 e. The topological polar surface area (TPSA) is 17.0 Å². The molecule has 0 amide bonds.